The minimum atomic E-state index is -4.38. The molecule has 2 aromatic rings. The maximum absolute atomic E-state index is 12.4. The van der Waals surface area contributed by atoms with Crippen molar-refractivity contribution in [3.63, 3.8) is 0 Å². The lowest BCUT2D eigenvalue weighted by molar-refractivity contribution is -0.174. The van der Waals surface area contributed by atoms with Gasteiger partial charge in [0.1, 0.15) is 18.5 Å². The summed E-state index contributed by atoms with van der Waals surface area (Å²) in [6, 6.07) is 3.21. The number of aryl methyl sites for hydroxylation is 2. The zero-order chi connectivity index (χ0) is 26.7. The van der Waals surface area contributed by atoms with Crippen LogP contribution in [0.4, 0.5) is 24.9 Å². The number of hydrogen-bond donors (Lipinski definition) is 3. The van der Waals surface area contributed by atoms with E-state index in [0.29, 0.717) is 17.6 Å². The molecule has 0 fully saturated rings. The monoisotopic (exact) mass is 588 g/mol. The van der Waals surface area contributed by atoms with Crippen LogP contribution in [0.15, 0.2) is 29.0 Å². The van der Waals surface area contributed by atoms with E-state index >= 15 is 0 Å². The van der Waals surface area contributed by atoms with E-state index in [4.69, 9.17) is 9.72 Å². The number of carboxylic acid groups (broad SMARTS) is 1. The molecule has 0 amide bonds. The minimum Gasteiger partial charge on any atom is -0.480 e. The Labute approximate surface area is 222 Å². The molecule has 2 aromatic heterocycles. The maximum atomic E-state index is 12.4. The van der Waals surface area contributed by atoms with Crippen LogP contribution in [0.5, 0.6) is 0 Å². The van der Waals surface area contributed by atoms with Crippen LogP contribution in [0.3, 0.4) is 0 Å². The largest absolute Gasteiger partial charge is 0.480 e. The van der Waals surface area contributed by atoms with Crippen LogP contribution in [-0.4, -0.2) is 82.5 Å². The van der Waals surface area contributed by atoms with E-state index in [9.17, 15) is 23.1 Å². The van der Waals surface area contributed by atoms with Crippen LogP contribution in [0.1, 0.15) is 36.9 Å². The van der Waals surface area contributed by atoms with Gasteiger partial charge in [-0.2, -0.15) is 13.2 Å². The molecule has 0 aromatic carbocycles. The van der Waals surface area contributed by atoms with Crippen molar-refractivity contribution in [2.75, 3.05) is 50.0 Å². The summed E-state index contributed by atoms with van der Waals surface area (Å²) in [5.74, 6) is 0.0729. The SMILES string of the molecule is O=C(O)C(CCN(CCCCc1ccc2c(n1)NCCC2)CCOCC(F)(F)F)Nc1ncc(Br)cn1. The van der Waals surface area contributed by atoms with Gasteiger partial charge in [0, 0.05) is 37.7 Å². The van der Waals surface area contributed by atoms with E-state index in [1.54, 1.807) is 0 Å². The number of aliphatic carboxylic acids is 1. The standard InChI is InChI=1S/C24H32BrF3N6O3/c25-18-14-30-23(31-15-18)33-20(22(35)36)8-11-34(12-13-37-16-24(26,27)28)10-2-1-5-19-7-6-17-4-3-9-29-21(17)32-19/h6-7,14-15,20H,1-5,8-13,16H2,(H,29,32)(H,35,36)(H,30,31,33). The number of unbranched alkanes of at least 4 members (excludes halogenated alkanes) is 1. The molecule has 0 saturated carbocycles. The first-order chi connectivity index (χ1) is 17.7. The van der Waals surface area contributed by atoms with Crippen molar-refractivity contribution < 1.29 is 27.8 Å². The molecule has 0 bridgehead atoms. The average Bonchev–Trinajstić information content (AvgIpc) is 2.86. The maximum Gasteiger partial charge on any atom is 0.411 e. The number of carbonyl (C=O) groups is 1. The summed E-state index contributed by atoms with van der Waals surface area (Å²) in [5, 5.41) is 15.7. The second-order valence-electron chi connectivity index (χ2n) is 8.86. The van der Waals surface area contributed by atoms with Crippen LogP contribution >= 0.6 is 15.9 Å². The lowest BCUT2D eigenvalue weighted by atomic mass is 10.1. The fourth-order valence-electron chi connectivity index (χ4n) is 3.98. The number of anilines is 2. The molecule has 0 radical (unpaired) electrons. The number of ether oxygens (including phenoxy) is 1. The molecule has 1 aliphatic rings. The third kappa shape index (κ3) is 10.8. The Hall–Kier alpha value is -2.51. The molecule has 37 heavy (non-hydrogen) atoms. The quantitative estimate of drug-likeness (QED) is 0.264. The predicted octanol–water partition coefficient (Wildman–Crippen LogP) is 4.15. The number of hydrogen-bond acceptors (Lipinski definition) is 8. The summed E-state index contributed by atoms with van der Waals surface area (Å²) in [7, 11) is 0. The second-order valence-corrected chi connectivity index (χ2v) is 9.77. The van der Waals surface area contributed by atoms with E-state index in [0.717, 1.165) is 50.2 Å². The van der Waals surface area contributed by atoms with Gasteiger partial charge in [0.2, 0.25) is 5.95 Å². The van der Waals surface area contributed by atoms with E-state index < -0.39 is 24.8 Å². The topological polar surface area (TPSA) is 112 Å². The summed E-state index contributed by atoms with van der Waals surface area (Å²) in [6.45, 7) is 0.737. The van der Waals surface area contributed by atoms with Crippen molar-refractivity contribution in [1.82, 2.24) is 19.9 Å². The molecule has 0 saturated heterocycles. The molecule has 1 aliphatic heterocycles. The fourth-order valence-corrected chi connectivity index (χ4v) is 4.18. The van der Waals surface area contributed by atoms with Gasteiger partial charge in [-0.3, -0.25) is 0 Å². The third-order valence-electron chi connectivity index (χ3n) is 5.88. The highest BCUT2D eigenvalue weighted by atomic mass is 79.9. The normalized spacial score (nSPS) is 14.2. The molecule has 0 aliphatic carbocycles. The van der Waals surface area contributed by atoms with Crippen LogP contribution in [0.2, 0.25) is 0 Å². The van der Waals surface area contributed by atoms with Gasteiger partial charge in [-0.1, -0.05) is 6.07 Å². The predicted molar refractivity (Wildman–Crippen MR) is 137 cm³/mol. The zero-order valence-electron chi connectivity index (χ0n) is 20.4. The molecule has 13 heteroatoms. The zero-order valence-corrected chi connectivity index (χ0v) is 22.0. The van der Waals surface area contributed by atoms with Crippen LogP contribution in [0, 0.1) is 0 Å². The number of aromatic nitrogens is 3. The number of pyridine rings is 1. The Balaban J connectivity index is 1.50. The highest BCUT2D eigenvalue weighted by Crippen LogP contribution is 2.20. The van der Waals surface area contributed by atoms with Gasteiger partial charge < -0.3 is 25.4 Å². The van der Waals surface area contributed by atoms with Gasteiger partial charge in [-0.15, -0.1) is 0 Å². The number of nitrogens with zero attached hydrogens (tertiary/aromatic N) is 4. The van der Waals surface area contributed by atoms with E-state index in [-0.39, 0.29) is 25.5 Å². The Morgan fingerprint density at radius 1 is 1.22 bits per heavy atom. The first-order valence-electron chi connectivity index (χ1n) is 12.3. The van der Waals surface area contributed by atoms with E-state index in [1.165, 1.54) is 18.0 Å². The van der Waals surface area contributed by atoms with Crippen molar-refractivity contribution in [2.24, 2.45) is 0 Å². The Kier molecular flexibility index (Phi) is 11.3. The first-order valence-corrected chi connectivity index (χ1v) is 13.1. The number of nitrogens with one attached hydrogen (secondary N) is 2. The molecule has 204 valence electrons. The van der Waals surface area contributed by atoms with Crippen LogP contribution in [0.25, 0.3) is 0 Å². The van der Waals surface area contributed by atoms with Gasteiger partial charge in [-0.05, 0) is 72.6 Å². The fraction of sp³-hybridized carbons (Fsp3) is 0.583. The van der Waals surface area contributed by atoms with E-state index in [2.05, 4.69) is 42.6 Å². The Morgan fingerprint density at radius 3 is 2.73 bits per heavy atom. The third-order valence-corrected chi connectivity index (χ3v) is 6.29. The van der Waals surface area contributed by atoms with Crippen molar-refractivity contribution in [3.8, 4) is 0 Å². The lowest BCUT2D eigenvalue weighted by Gasteiger charge is -2.24. The number of carboxylic acids is 1. The van der Waals surface area contributed by atoms with Gasteiger partial charge in [0.15, 0.2) is 0 Å². The first kappa shape index (κ1) is 29.1. The Bertz CT molecular complexity index is 997. The van der Waals surface area contributed by atoms with Crippen LogP contribution in [-0.2, 0) is 22.4 Å². The summed E-state index contributed by atoms with van der Waals surface area (Å²) >= 11 is 3.23. The molecule has 1 atom stereocenters. The molecular formula is C24H32BrF3N6O3. The molecule has 9 nitrogen and oxygen atoms in total. The summed E-state index contributed by atoms with van der Waals surface area (Å²) in [4.78, 5) is 26.5. The molecule has 3 N–H and O–H groups in total. The smallest absolute Gasteiger partial charge is 0.411 e. The average molecular weight is 589 g/mol. The minimum absolute atomic E-state index is 0.0987. The number of rotatable bonds is 15. The van der Waals surface area contributed by atoms with Gasteiger partial charge >= 0.3 is 12.1 Å². The highest BCUT2D eigenvalue weighted by molar-refractivity contribution is 9.10. The van der Waals surface area contributed by atoms with Crippen LogP contribution < -0.4 is 10.6 Å². The van der Waals surface area contributed by atoms with Crippen molar-refractivity contribution in [2.45, 2.75) is 50.7 Å². The molecule has 0 spiro atoms. The van der Waals surface area contributed by atoms with Gasteiger partial charge in [-0.25, -0.2) is 19.7 Å². The molecular weight excluding hydrogens is 557 g/mol. The Morgan fingerprint density at radius 2 is 2.00 bits per heavy atom. The van der Waals surface area contributed by atoms with Crippen molar-refractivity contribution in [3.05, 3.63) is 40.3 Å². The second kappa shape index (κ2) is 14.4. The number of alkyl halides is 3. The summed E-state index contributed by atoms with van der Waals surface area (Å²) in [6.07, 6.45) is 3.39. The van der Waals surface area contributed by atoms with Crippen molar-refractivity contribution in [1.29, 1.82) is 0 Å². The molecule has 3 heterocycles. The summed E-state index contributed by atoms with van der Waals surface area (Å²) in [5.41, 5.74) is 2.23. The summed E-state index contributed by atoms with van der Waals surface area (Å²) < 4.78 is 42.7. The highest BCUT2D eigenvalue weighted by Gasteiger charge is 2.27. The lowest BCUT2D eigenvalue weighted by Crippen LogP contribution is -2.37. The van der Waals surface area contributed by atoms with Gasteiger partial charge in [0.25, 0.3) is 0 Å². The van der Waals surface area contributed by atoms with E-state index in [1.807, 2.05) is 11.0 Å². The number of halogens is 4. The van der Waals surface area contributed by atoms with Crippen molar-refractivity contribution >= 4 is 33.7 Å². The molecule has 3 rings (SSSR count). The number of fused-ring (bicyclic) bond motifs is 1. The molecule has 1 unspecified atom stereocenters. The van der Waals surface area contributed by atoms with Gasteiger partial charge in [0.05, 0.1) is 11.1 Å².